The minimum atomic E-state index is -0.676. The van der Waals surface area contributed by atoms with Crippen LogP contribution in [0.15, 0.2) is 22.7 Å². The van der Waals surface area contributed by atoms with Crippen LogP contribution in [0.2, 0.25) is 0 Å². The van der Waals surface area contributed by atoms with Crippen molar-refractivity contribution < 1.29 is 5.11 Å². The highest BCUT2D eigenvalue weighted by Crippen LogP contribution is 2.56. The molecule has 1 unspecified atom stereocenters. The zero-order valence-electron chi connectivity index (χ0n) is 12.6. The molecule has 1 atom stereocenters. The molecule has 1 aromatic carbocycles. The summed E-state index contributed by atoms with van der Waals surface area (Å²) in [5.41, 5.74) is 1.71. The highest BCUT2D eigenvalue weighted by molar-refractivity contribution is 9.10. The van der Waals surface area contributed by atoms with Gasteiger partial charge in [0.05, 0.1) is 5.60 Å². The van der Waals surface area contributed by atoms with E-state index >= 15 is 0 Å². The summed E-state index contributed by atoms with van der Waals surface area (Å²) in [6, 6.07) is 6.39. The molecule has 2 aliphatic rings. The number of fused-ring (bicyclic) bond motifs is 1. The second-order valence-electron chi connectivity index (χ2n) is 7.21. The SMILES string of the molecule is CN1CCC(C2(O)c3ccc(Br)cc3CC2(C)C)CC1. The Bertz CT molecular complexity index is 520. The molecule has 110 valence electrons. The first-order chi connectivity index (χ1) is 9.34. The van der Waals surface area contributed by atoms with Crippen LogP contribution < -0.4 is 0 Å². The van der Waals surface area contributed by atoms with Gasteiger partial charge in [-0.3, -0.25) is 0 Å². The Morgan fingerprint density at radius 2 is 1.90 bits per heavy atom. The van der Waals surface area contributed by atoms with Crippen molar-refractivity contribution in [3.63, 3.8) is 0 Å². The lowest BCUT2D eigenvalue weighted by molar-refractivity contribution is -0.121. The van der Waals surface area contributed by atoms with Crippen molar-refractivity contribution in [2.45, 2.75) is 38.7 Å². The number of benzene rings is 1. The van der Waals surface area contributed by atoms with Gasteiger partial charge in [0.15, 0.2) is 0 Å². The number of nitrogens with zero attached hydrogens (tertiary/aromatic N) is 1. The third-order valence-corrected chi connectivity index (χ3v) is 5.94. The van der Waals surface area contributed by atoms with E-state index in [2.05, 4.69) is 59.9 Å². The first-order valence-corrected chi connectivity index (χ1v) is 8.34. The highest BCUT2D eigenvalue weighted by Gasteiger charge is 2.55. The summed E-state index contributed by atoms with van der Waals surface area (Å²) in [6.45, 7) is 6.63. The minimum absolute atomic E-state index is 0.0866. The van der Waals surface area contributed by atoms with Gasteiger partial charge >= 0.3 is 0 Å². The van der Waals surface area contributed by atoms with Crippen molar-refractivity contribution in [3.8, 4) is 0 Å². The Hall–Kier alpha value is -0.380. The maximum absolute atomic E-state index is 11.6. The molecule has 1 fully saturated rings. The molecule has 0 aromatic heterocycles. The Morgan fingerprint density at radius 1 is 1.25 bits per heavy atom. The van der Waals surface area contributed by atoms with Crippen molar-refractivity contribution in [3.05, 3.63) is 33.8 Å². The van der Waals surface area contributed by atoms with E-state index in [1.807, 2.05) is 0 Å². The molecule has 1 aromatic rings. The zero-order chi connectivity index (χ0) is 14.5. The fraction of sp³-hybridized carbons (Fsp3) is 0.647. The lowest BCUT2D eigenvalue weighted by atomic mass is 9.65. The summed E-state index contributed by atoms with van der Waals surface area (Å²) < 4.78 is 1.11. The molecule has 0 radical (unpaired) electrons. The molecule has 0 saturated carbocycles. The van der Waals surface area contributed by atoms with E-state index in [0.29, 0.717) is 5.92 Å². The number of hydrogen-bond acceptors (Lipinski definition) is 2. The van der Waals surface area contributed by atoms with Gasteiger partial charge in [-0.1, -0.05) is 35.8 Å². The van der Waals surface area contributed by atoms with Gasteiger partial charge in [-0.15, -0.1) is 0 Å². The van der Waals surface area contributed by atoms with Crippen LogP contribution in [-0.4, -0.2) is 30.1 Å². The topological polar surface area (TPSA) is 23.5 Å². The standard InChI is InChI=1S/C17H24BrNO/c1-16(2)11-12-10-14(18)4-5-15(12)17(16,20)13-6-8-19(3)9-7-13/h4-5,10,13,20H,6-9,11H2,1-3H3. The number of halogens is 1. The van der Waals surface area contributed by atoms with Gasteiger partial charge in [0, 0.05) is 9.89 Å². The number of rotatable bonds is 1. The second kappa shape index (κ2) is 4.82. The van der Waals surface area contributed by atoms with Crippen LogP contribution in [-0.2, 0) is 12.0 Å². The van der Waals surface area contributed by atoms with Gasteiger partial charge in [-0.25, -0.2) is 0 Å². The van der Waals surface area contributed by atoms with E-state index in [1.54, 1.807) is 0 Å². The number of aliphatic hydroxyl groups is 1. The fourth-order valence-electron chi connectivity index (χ4n) is 4.25. The van der Waals surface area contributed by atoms with Crippen LogP contribution in [0.1, 0.15) is 37.8 Å². The zero-order valence-corrected chi connectivity index (χ0v) is 14.2. The van der Waals surface area contributed by atoms with Crippen LogP contribution in [0.25, 0.3) is 0 Å². The Balaban J connectivity index is 2.02. The predicted octanol–water partition coefficient (Wildman–Crippen LogP) is 3.56. The first-order valence-electron chi connectivity index (χ1n) is 7.54. The molecule has 2 nitrogen and oxygen atoms in total. The largest absolute Gasteiger partial charge is 0.384 e. The first kappa shape index (κ1) is 14.6. The molecule has 1 heterocycles. The predicted molar refractivity (Wildman–Crippen MR) is 85.7 cm³/mol. The molecule has 1 saturated heterocycles. The molecule has 3 rings (SSSR count). The number of likely N-dealkylation sites (tertiary alicyclic amines) is 1. The average molecular weight is 338 g/mol. The third-order valence-electron chi connectivity index (χ3n) is 5.45. The van der Waals surface area contributed by atoms with Crippen LogP contribution in [0.4, 0.5) is 0 Å². The van der Waals surface area contributed by atoms with Crippen molar-refractivity contribution in [1.29, 1.82) is 0 Å². The summed E-state index contributed by atoms with van der Waals surface area (Å²) in [7, 11) is 2.17. The highest BCUT2D eigenvalue weighted by atomic mass is 79.9. The van der Waals surface area contributed by atoms with Gasteiger partial charge in [0.25, 0.3) is 0 Å². The van der Waals surface area contributed by atoms with Crippen molar-refractivity contribution in [2.75, 3.05) is 20.1 Å². The molecule has 0 amide bonds. The Morgan fingerprint density at radius 3 is 2.55 bits per heavy atom. The van der Waals surface area contributed by atoms with E-state index in [4.69, 9.17) is 0 Å². The Kier molecular flexibility index (Phi) is 3.51. The van der Waals surface area contributed by atoms with Crippen molar-refractivity contribution in [2.24, 2.45) is 11.3 Å². The molecule has 0 spiro atoms. The summed E-state index contributed by atoms with van der Waals surface area (Å²) >= 11 is 3.56. The van der Waals surface area contributed by atoms with Crippen LogP contribution in [0.5, 0.6) is 0 Å². The third kappa shape index (κ3) is 2.06. The van der Waals surface area contributed by atoms with Crippen LogP contribution in [0.3, 0.4) is 0 Å². The fourth-order valence-corrected chi connectivity index (χ4v) is 4.66. The second-order valence-corrected chi connectivity index (χ2v) is 8.12. The molecule has 0 bridgehead atoms. The lowest BCUT2D eigenvalue weighted by Crippen LogP contribution is -2.49. The monoisotopic (exact) mass is 337 g/mol. The van der Waals surface area contributed by atoms with Crippen LogP contribution in [0, 0.1) is 11.3 Å². The van der Waals surface area contributed by atoms with E-state index in [-0.39, 0.29) is 5.41 Å². The summed E-state index contributed by atoms with van der Waals surface area (Å²) in [4.78, 5) is 2.37. The van der Waals surface area contributed by atoms with E-state index in [1.165, 1.54) is 11.1 Å². The molecule has 20 heavy (non-hydrogen) atoms. The van der Waals surface area contributed by atoms with Crippen molar-refractivity contribution >= 4 is 15.9 Å². The normalized spacial score (nSPS) is 30.4. The summed E-state index contributed by atoms with van der Waals surface area (Å²) in [6.07, 6.45) is 3.14. The van der Waals surface area contributed by atoms with Gasteiger partial charge < -0.3 is 10.0 Å². The molecule has 1 aliphatic carbocycles. The Labute approximate surface area is 130 Å². The molecule has 3 heteroatoms. The summed E-state index contributed by atoms with van der Waals surface area (Å²) in [5.74, 6) is 0.371. The maximum Gasteiger partial charge on any atom is 0.0981 e. The van der Waals surface area contributed by atoms with Crippen LogP contribution >= 0.6 is 15.9 Å². The smallest absolute Gasteiger partial charge is 0.0981 e. The lowest BCUT2D eigenvalue weighted by Gasteiger charge is -2.46. The molecular weight excluding hydrogens is 314 g/mol. The van der Waals surface area contributed by atoms with E-state index in [0.717, 1.165) is 36.8 Å². The molecular formula is C17H24BrNO. The molecule has 1 N–H and O–H groups in total. The summed E-state index contributed by atoms with van der Waals surface area (Å²) in [5, 5.41) is 11.6. The van der Waals surface area contributed by atoms with Gasteiger partial charge in [0.1, 0.15) is 0 Å². The average Bonchev–Trinajstić information content (AvgIpc) is 2.57. The quantitative estimate of drug-likeness (QED) is 0.846. The van der Waals surface area contributed by atoms with Gasteiger partial charge in [-0.05, 0) is 68.6 Å². The molecule has 1 aliphatic heterocycles. The van der Waals surface area contributed by atoms with Gasteiger partial charge in [0.2, 0.25) is 0 Å². The van der Waals surface area contributed by atoms with E-state index in [9.17, 15) is 5.11 Å². The maximum atomic E-state index is 11.6. The van der Waals surface area contributed by atoms with Crippen molar-refractivity contribution in [1.82, 2.24) is 4.90 Å². The van der Waals surface area contributed by atoms with E-state index < -0.39 is 5.60 Å². The number of piperidine rings is 1. The van der Waals surface area contributed by atoms with Gasteiger partial charge in [-0.2, -0.15) is 0 Å². The number of hydrogen-bond donors (Lipinski definition) is 1. The minimum Gasteiger partial charge on any atom is -0.384 e.